The Morgan fingerprint density at radius 3 is 2.00 bits per heavy atom. The van der Waals surface area contributed by atoms with Crippen molar-refractivity contribution in [3.8, 4) is 11.4 Å². The van der Waals surface area contributed by atoms with Gasteiger partial charge in [-0.15, -0.1) is 0 Å². The smallest absolute Gasteiger partial charge is 0.162 e. The molecule has 0 aliphatic carbocycles. The molecule has 0 atom stereocenters. The number of anilines is 1. The summed E-state index contributed by atoms with van der Waals surface area (Å²) in [4.78, 5) is 9.30. The molecule has 0 fully saturated rings. The van der Waals surface area contributed by atoms with Gasteiger partial charge in [-0.1, -0.05) is 17.7 Å². The van der Waals surface area contributed by atoms with E-state index < -0.39 is 0 Å². The third kappa shape index (κ3) is 2.46. The molecule has 1 N–H and O–H groups in total. The van der Waals surface area contributed by atoms with E-state index in [4.69, 9.17) is 0 Å². The first-order chi connectivity index (χ1) is 8.93. The lowest BCUT2D eigenvalue weighted by Gasteiger charge is -2.14. The zero-order valence-corrected chi connectivity index (χ0v) is 12.5. The SMILES string of the molecule is CNc1nc(-c2c(C)cc(C)cc2C)nc(C)c1C. The summed E-state index contributed by atoms with van der Waals surface area (Å²) < 4.78 is 0. The molecule has 0 amide bonds. The Morgan fingerprint density at radius 2 is 1.47 bits per heavy atom. The first-order valence-electron chi connectivity index (χ1n) is 6.55. The lowest BCUT2D eigenvalue weighted by Crippen LogP contribution is -2.04. The van der Waals surface area contributed by atoms with E-state index >= 15 is 0 Å². The van der Waals surface area contributed by atoms with Gasteiger partial charge in [-0.05, 0) is 45.7 Å². The Kier molecular flexibility index (Phi) is 3.56. The summed E-state index contributed by atoms with van der Waals surface area (Å²) in [6.45, 7) is 10.4. The third-order valence-electron chi connectivity index (χ3n) is 3.53. The Balaban J connectivity index is 2.69. The van der Waals surface area contributed by atoms with Gasteiger partial charge in [0.2, 0.25) is 0 Å². The molecule has 1 aromatic heterocycles. The molecule has 3 nitrogen and oxygen atoms in total. The van der Waals surface area contributed by atoms with Crippen molar-refractivity contribution in [1.82, 2.24) is 9.97 Å². The van der Waals surface area contributed by atoms with E-state index in [1.807, 2.05) is 20.9 Å². The summed E-state index contributed by atoms with van der Waals surface area (Å²) in [6, 6.07) is 4.36. The van der Waals surface area contributed by atoms with Gasteiger partial charge in [0.05, 0.1) is 0 Å². The average Bonchev–Trinajstić information content (AvgIpc) is 2.32. The van der Waals surface area contributed by atoms with Crippen LogP contribution in [0.15, 0.2) is 12.1 Å². The molecule has 0 radical (unpaired) electrons. The van der Waals surface area contributed by atoms with Crippen molar-refractivity contribution in [1.29, 1.82) is 0 Å². The molecule has 0 saturated carbocycles. The van der Waals surface area contributed by atoms with Crippen molar-refractivity contribution in [2.24, 2.45) is 0 Å². The minimum atomic E-state index is 0.808. The fourth-order valence-electron chi connectivity index (χ4n) is 2.52. The molecule has 0 unspecified atom stereocenters. The van der Waals surface area contributed by atoms with Crippen molar-refractivity contribution < 1.29 is 0 Å². The second-order valence-corrected chi connectivity index (χ2v) is 5.13. The molecule has 2 rings (SSSR count). The van der Waals surface area contributed by atoms with Gasteiger partial charge in [-0.25, -0.2) is 9.97 Å². The standard InChI is InChI=1S/C16H21N3/c1-9-7-10(2)14(11(3)8-9)16-18-13(5)12(4)15(17-6)19-16/h7-8H,1-6H3,(H,17,18,19). The Labute approximate surface area is 115 Å². The molecule has 0 saturated heterocycles. The number of hydrogen-bond donors (Lipinski definition) is 1. The maximum absolute atomic E-state index is 4.65. The van der Waals surface area contributed by atoms with Gasteiger partial charge in [0, 0.05) is 23.9 Å². The molecule has 1 aromatic carbocycles. The highest BCUT2D eigenvalue weighted by atomic mass is 15.0. The molecule has 100 valence electrons. The second kappa shape index (κ2) is 5.00. The van der Waals surface area contributed by atoms with Crippen LogP contribution in [-0.4, -0.2) is 17.0 Å². The second-order valence-electron chi connectivity index (χ2n) is 5.13. The molecule has 2 aromatic rings. The zero-order valence-electron chi connectivity index (χ0n) is 12.5. The number of benzene rings is 1. The van der Waals surface area contributed by atoms with Gasteiger partial charge in [-0.2, -0.15) is 0 Å². The van der Waals surface area contributed by atoms with E-state index in [1.54, 1.807) is 0 Å². The Morgan fingerprint density at radius 1 is 0.895 bits per heavy atom. The number of nitrogens with zero attached hydrogens (tertiary/aromatic N) is 2. The Bertz CT molecular complexity index is 607. The van der Waals surface area contributed by atoms with Crippen LogP contribution in [0.1, 0.15) is 27.9 Å². The largest absolute Gasteiger partial charge is 0.373 e. The lowest BCUT2D eigenvalue weighted by molar-refractivity contribution is 1.06. The van der Waals surface area contributed by atoms with Crippen LogP contribution in [0.2, 0.25) is 0 Å². The maximum Gasteiger partial charge on any atom is 0.162 e. The van der Waals surface area contributed by atoms with Crippen LogP contribution in [0.25, 0.3) is 11.4 Å². The van der Waals surface area contributed by atoms with E-state index in [-0.39, 0.29) is 0 Å². The van der Waals surface area contributed by atoms with Crippen LogP contribution in [0.5, 0.6) is 0 Å². The number of aryl methyl sites for hydroxylation is 4. The number of hydrogen-bond acceptors (Lipinski definition) is 3. The molecular formula is C16H21N3. The number of rotatable bonds is 2. The first kappa shape index (κ1) is 13.5. The van der Waals surface area contributed by atoms with Gasteiger partial charge < -0.3 is 5.32 Å². The van der Waals surface area contributed by atoms with E-state index in [2.05, 4.69) is 48.2 Å². The summed E-state index contributed by atoms with van der Waals surface area (Å²) >= 11 is 0. The van der Waals surface area contributed by atoms with E-state index in [1.165, 1.54) is 16.7 Å². The Hall–Kier alpha value is -1.90. The third-order valence-corrected chi connectivity index (χ3v) is 3.53. The van der Waals surface area contributed by atoms with Gasteiger partial charge >= 0.3 is 0 Å². The number of aromatic nitrogens is 2. The minimum Gasteiger partial charge on any atom is -0.373 e. The summed E-state index contributed by atoms with van der Waals surface area (Å²) in [6.07, 6.45) is 0. The first-order valence-corrected chi connectivity index (χ1v) is 6.55. The van der Waals surface area contributed by atoms with Crippen molar-refractivity contribution >= 4 is 5.82 Å². The van der Waals surface area contributed by atoms with Crippen molar-refractivity contribution in [3.05, 3.63) is 40.1 Å². The zero-order chi connectivity index (χ0) is 14.2. The summed E-state index contributed by atoms with van der Waals surface area (Å²) in [5.74, 6) is 1.71. The van der Waals surface area contributed by atoms with Crippen molar-refractivity contribution in [2.45, 2.75) is 34.6 Å². The molecule has 0 aliphatic rings. The van der Waals surface area contributed by atoms with Gasteiger partial charge in [0.15, 0.2) is 5.82 Å². The summed E-state index contributed by atoms with van der Waals surface area (Å²) in [5.41, 5.74) is 7.00. The fraction of sp³-hybridized carbons (Fsp3) is 0.375. The van der Waals surface area contributed by atoms with E-state index in [0.717, 1.165) is 28.5 Å². The van der Waals surface area contributed by atoms with E-state index in [9.17, 15) is 0 Å². The highest BCUT2D eigenvalue weighted by Crippen LogP contribution is 2.28. The highest BCUT2D eigenvalue weighted by molar-refractivity contribution is 5.67. The normalized spacial score (nSPS) is 10.6. The predicted molar refractivity (Wildman–Crippen MR) is 80.7 cm³/mol. The molecule has 19 heavy (non-hydrogen) atoms. The van der Waals surface area contributed by atoms with E-state index in [0.29, 0.717) is 0 Å². The van der Waals surface area contributed by atoms with Crippen LogP contribution in [0, 0.1) is 34.6 Å². The quantitative estimate of drug-likeness (QED) is 0.888. The van der Waals surface area contributed by atoms with Crippen LogP contribution < -0.4 is 5.32 Å². The summed E-state index contributed by atoms with van der Waals surface area (Å²) in [7, 11) is 1.90. The fourth-order valence-corrected chi connectivity index (χ4v) is 2.52. The van der Waals surface area contributed by atoms with Crippen LogP contribution in [0.3, 0.4) is 0 Å². The van der Waals surface area contributed by atoms with Crippen molar-refractivity contribution in [2.75, 3.05) is 12.4 Å². The van der Waals surface area contributed by atoms with Gasteiger partial charge in [0.25, 0.3) is 0 Å². The molecule has 0 spiro atoms. The van der Waals surface area contributed by atoms with Crippen LogP contribution >= 0.6 is 0 Å². The molecule has 1 heterocycles. The summed E-state index contributed by atoms with van der Waals surface area (Å²) in [5, 5.41) is 3.15. The molecule has 0 aliphatic heterocycles. The molecule has 0 bridgehead atoms. The maximum atomic E-state index is 4.65. The van der Waals surface area contributed by atoms with Crippen LogP contribution in [-0.2, 0) is 0 Å². The van der Waals surface area contributed by atoms with Gasteiger partial charge in [-0.3, -0.25) is 0 Å². The molecular weight excluding hydrogens is 234 g/mol. The minimum absolute atomic E-state index is 0.808. The molecule has 3 heteroatoms. The van der Waals surface area contributed by atoms with Crippen molar-refractivity contribution in [3.63, 3.8) is 0 Å². The topological polar surface area (TPSA) is 37.8 Å². The monoisotopic (exact) mass is 255 g/mol. The average molecular weight is 255 g/mol. The predicted octanol–water partition coefficient (Wildman–Crippen LogP) is 3.73. The number of nitrogens with one attached hydrogen (secondary N) is 1. The lowest BCUT2D eigenvalue weighted by atomic mass is 9.99. The highest BCUT2D eigenvalue weighted by Gasteiger charge is 2.13. The van der Waals surface area contributed by atoms with Crippen LogP contribution in [0.4, 0.5) is 5.82 Å². The van der Waals surface area contributed by atoms with Gasteiger partial charge in [0.1, 0.15) is 5.82 Å².